The van der Waals surface area contributed by atoms with Crippen LogP contribution in [0.2, 0.25) is 0 Å². The van der Waals surface area contributed by atoms with Gasteiger partial charge in [-0.2, -0.15) is 0 Å². The lowest BCUT2D eigenvalue weighted by Gasteiger charge is -2.10. The van der Waals surface area contributed by atoms with E-state index in [1.807, 2.05) is 0 Å². The van der Waals surface area contributed by atoms with Gasteiger partial charge in [-0.25, -0.2) is 0 Å². The molecular formula is C17H18N2O5. The van der Waals surface area contributed by atoms with Crippen LogP contribution in [-0.2, 0) is 6.54 Å². The van der Waals surface area contributed by atoms with Gasteiger partial charge in [0.2, 0.25) is 0 Å². The molecule has 0 fully saturated rings. The van der Waals surface area contributed by atoms with E-state index in [-0.39, 0.29) is 18.1 Å². The summed E-state index contributed by atoms with van der Waals surface area (Å²) in [5.74, 6) is 0.948. The highest BCUT2D eigenvalue weighted by molar-refractivity contribution is 5.94. The molecule has 0 bridgehead atoms. The highest BCUT2D eigenvalue weighted by Crippen LogP contribution is 2.23. The van der Waals surface area contributed by atoms with Crippen LogP contribution < -0.4 is 14.8 Å². The molecule has 0 unspecified atom stereocenters. The highest BCUT2D eigenvalue weighted by Gasteiger charge is 2.13. The Labute approximate surface area is 139 Å². The van der Waals surface area contributed by atoms with Crippen LogP contribution >= 0.6 is 0 Å². The largest absolute Gasteiger partial charge is 0.497 e. The molecule has 2 rings (SSSR count). The summed E-state index contributed by atoms with van der Waals surface area (Å²) in [6, 6.07) is 9.60. The van der Waals surface area contributed by atoms with E-state index in [2.05, 4.69) is 5.32 Å². The van der Waals surface area contributed by atoms with Crippen LogP contribution in [0.3, 0.4) is 0 Å². The first-order valence-electron chi connectivity index (χ1n) is 7.19. The molecule has 24 heavy (non-hydrogen) atoms. The van der Waals surface area contributed by atoms with Gasteiger partial charge < -0.3 is 14.8 Å². The van der Waals surface area contributed by atoms with Crippen LogP contribution in [0.5, 0.6) is 11.5 Å². The van der Waals surface area contributed by atoms with E-state index in [1.54, 1.807) is 39.3 Å². The fraction of sp³-hybridized carbons (Fsp3) is 0.235. The van der Waals surface area contributed by atoms with Crippen molar-refractivity contribution >= 4 is 11.6 Å². The van der Waals surface area contributed by atoms with Gasteiger partial charge in [-0.05, 0) is 36.8 Å². The number of benzene rings is 2. The molecule has 1 amide bonds. The number of hydrogen-bond donors (Lipinski definition) is 1. The molecular weight excluding hydrogens is 312 g/mol. The fourth-order valence-corrected chi connectivity index (χ4v) is 2.25. The second-order valence-corrected chi connectivity index (χ2v) is 5.16. The summed E-state index contributed by atoms with van der Waals surface area (Å²) in [6.07, 6.45) is 0. The Morgan fingerprint density at radius 3 is 2.25 bits per heavy atom. The number of carbonyl (C=O) groups is 1. The molecule has 0 aliphatic heterocycles. The zero-order chi connectivity index (χ0) is 17.7. The number of aryl methyl sites for hydroxylation is 1. The van der Waals surface area contributed by atoms with Gasteiger partial charge in [0.25, 0.3) is 11.6 Å². The number of hydrogen-bond acceptors (Lipinski definition) is 5. The lowest BCUT2D eigenvalue weighted by molar-refractivity contribution is -0.385. The van der Waals surface area contributed by atoms with Crippen LogP contribution in [0.25, 0.3) is 0 Å². The number of nitro benzene ring substituents is 1. The highest BCUT2D eigenvalue weighted by atomic mass is 16.6. The van der Waals surface area contributed by atoms with E-state index in [1.165, 1.54) is 18.2 Å². The standard InChI is InChI=1S/C17H18N2O5/c1-11-6-13(4-5-16(11)19(21)22)17(20)18-10-12-7-14(23-2)9-15(8-12)24-3/h4-9H,10H2,1-3H3,(H,18,20). The summed E-state index contributed by atoms with van der Waals surface area (Å²) in [5.41, 5.74) is 1.62. The first kappa shape index (κ1) is 17.3. The van der Waals surface area contributed by atoms with Crippen LogP contribution in [0.15, 0.2) is 36.4 Å². The molecule has 2 aromatic carbocycles. The van der Waals surface area contributed by atoms with E-state index in [4.69, 9.17) is 9.47 Å². The Hall–Kier alpha value is -3.09. The van der Waals surface area contributed by atoms with Gasteiger partial charge in [0, 0.05) is 29.8 Å². The van der Waals surface area contributed by atoms with Crippen LogP contribution in [0.1, 0.15) is 21.5 Å². The topological polar surface area (TPSA) is 90.7 Å². The molecule has 1 N–H and O–H groups in total. The average Bonchev–Trinajstić information content (AvgIpc) is 2.58. The van der Waals surface area contributed by atoms with Crippen LogP contribution in [0, 0.1) is 17.0 Å². The third kappa shape index (κ3) is 4.01. The third-order valence-corrected chi connectivity index (χ3v) is 3.52. The van der Waals surface area contributed by atoms with Gasteiger partial charge >= 0.3 is 0 Å². The van der Waals surface area contributed by atoms with Gasteiger partial charge in [0.1, 0.15) is 11.5 Å². The SMILES string of the molecule is COc1cc(CNC(=O)c2ccc([N+](=O)[O-])c(C)c2)cc(OC)c1. The van der Waals surface area contributed by atoms with Gasteiger partial charge in [0.05, 0.1) is 19.1 Å². The van der Waals surface area contributed by atoms with Crippen molar-refractivity contribution in [3.63, 3.8) is 0 Å². The molecule has 0 atom stereocenters. The summed E-state index contributed by atoms with van der Waals surface area (Å²) >= 11 is 0. The second kappa shape index (κ2) is 7.45. The quantitative estimate of drug-likeness (QED) is 0.649. The van der Waals surface area contributed by atoms with Crippen LogP contribution in [-0.4, -0.2) is 25.1 Å². The van der Waals surface area contributed by atoms with E-state index in [0.29, 0.717) is 22.6 Å². The predicted molar refractivity (Wildman–Crippen MR) is 88.5 cm³/mol. The Morgan fingerprint density at radius 2 is 1.75 bits per heavy atom. The Kier molecular flexibility index (Phi) is 5.36. The molecule has 7 nitrogen and oxygen atoms in total. The number of carbonyl (C=O) groups excluding carboxylic acids is 1. The number of methoxy groups -OCH3 is 2. The fourth-order valence-electron chi connectivity index (χ4n) is 2.25. The molecule has 0 saturated heterocycles. The Balaban J connectivity index is 2.11. The number of nitrogens with one attached hydrogen (secondary N) is 1. The number of nitro groups is 1. The van der Waals surface area contributed by atoms with Gasteiger partial charge in [-0.15, -0.1) is 0 Å². The minimum Gasteiger partial charge on any atom is -0.497 e. The lowest BCUT2D eigenvalue weighted by atomic mass is 10.1. The van der Waals surface area contributed by atoms with E-state index in [9.17, 15) is 14.9 Å². The monoisotopic (exact) mass is 330 g/mol. The first-order chi connectivity index (χ1) is 11.4. The number of amides is 1. The predicted octanol–water partition coefficient (Wildman–Crippen LogP) is 2.85. The van der Waals surface area contributed by atoms with Gasteiger partial charge in [-0.1, -0.05) is 0 Å². The van der Waals surface area contributed by atoms with E-state index >= 15 is 0 Å². The number of ether oxygens (including phenoxy) is 2. The van der Waals surface area contributed by atoms with Crippen molar-refractivity contribution in [2.75, 3.05) is 14.2 Å². The van der Waals surface area contributed by atoms with Gasteiger partial charge in [-0.3, -0.25) is 14.9 Å². The summed E-state index contributed by atoms with van der Waals surface area (Å²) in [4.78, 5) is 22.6. The minimum atomic E-state index is -0.473. The molecule has 0 aromatic heterocycles. The minimum absolute atomic E-state index is 0.0101. The molecule has 0 saturated carbocycles. The summed E-state index contributed by atoms with van der Waals surface area (Å²) < 4.78 is 10.4. The summed E-state index contributed by atoms with van der Waals surface area (Å²) in [7, 11) is 3.10. The van der Waals surface area contributed by atoms with Crippen LogP contribution in [0.4, 0.5) is 5.69 Å². The lowest BCUT2D eigenvalue weighted by Crippen LogP contribution is -2.23. The van der Waals surface area contributed by atoms with Crippen molar-refractivity contribution in [2.24, 2.45) is 0 Å². The number of nitrogens with zero attached hydrogens (tertiary/aromatic N) is 1. The first-order valence-corrected chi connectivity index (χ1v) is 7.19. The normalized spacial score (nSPS) is 10.1. The molecule has 0 radical (unpaired) electrons. The van der Waals surface area contributed by atoms with Gasteiger partial charge in [0.15, 0.2) is 0 Å². The summed E-state index contributed by atoms with van der Waals surface area (Å²) in [5, 5.41) is 13.6. The molecule has 126 valence electrons. The van der Waals surface area contributed by atoms with Crippen molar-refractivity contribution in [2.45, 2.75) is 13.5 Å². The van der Waals surface area contributed by atoms with Crippen molar-refractivity contribution in [1.29, 1.82) is 0 Å². The van der Waals surface area contributed by atoms with Crippen molar-refractivity contribution in [1.82, 2.24) is 5.32 Å². The molecule has 2 aromatic rings. The zero-order valence-corrected chi connectivity index (χ0v) is 13.7. The molecule has 7 heteroatoms. The smallest absolute Gasteiger partial charge is 0.272 e. The number of rotatable bonds is 6. The molecule has 0 aliphatic rings. The maximum Gasteiger partial charge on any atom is 0.272 e. The molecule has 0 aliphatic carbocycles. The van der Waals surface area contributed by atoms with E-state index < -0.39 is 4.92 Å². The maximum absolute atomic E-state index is 12.2. The van der Waals surface area contributed by atoms with Crippen molar-refractivity contribution in [3.8, 4) is 11.5 Å². The Morgan fingerprint density at radius 1 is 1.12 bits per heavy atom. The maximum atomic E-state index is 12.2. The van der Waals surface area contributed by atoms with Crippen molar-refractivity contribution in [3.05, 3.63) is 63.2 Å². The molecule has 0 heterocycles. The summed E-state index contributed by atoms with van der Waals surface area (Å²) in [6.45, 7) is 1.88. The zero-order valence-electron chi connectivity index (χ0n) is 13.7. The Bertz CT molecular complexity index is 751. The second-order valence-electron chi connectivity index (χ2n) is 5.16. The van der Waals surface area contributed by atoms with E-state index in [0.717, 1.165) is 5.56 Å². The third-order valence-electron chi connectivity index (χ3n) is 3.52. The average molecular weight is 330 g/mol. The molecule has 0 spiro atoms. The van der Waals surface area contributed by atoms with Crippen molar-refractivity contribution < 1.29 is 19.2 Å².